The molecular formula is C30H44O8. The fraction of sp³-hybridized carbons (Fsp3) is 0.700. The smallest absolute Gasteiger partial charge is 0.331 e. The number of benzene rings is 1. The zero-order valence-corrected chi connectivity index (χ0v) is 24.1. The van der Waals surface area contributed by atoms with Gasteiger partial charge >= 0.3 is 5.97 Å². The average molecular weight is 533 g/mol. The first kappa shape index (κ1) is 28.7. The van der Waals surface area contributed by atoms with Crippen molar-refractivity contribution in [3.8, 4) is 17.2 Å². The molecule has 1 saturated carbocycles. The lowest BCUT2D eigenvalue weighted by Gasteiger charge is -2.46. The first-order chi connectivity index (χ1) is 18.2. The Morgan fingerprint density at radius 2 is 1.76 bits per heavy atom. The molecule has 0 aromatic heterocycles. The van der Waals surface area contributed by atoms with Crippen molar-refractivity contribution in [1.82, 2.24) is 0 Å². The quantitative estimate of drug-likeness (QED) is 0.210. The molecule has 2 aliphatic heterocycles. The molecule has 38 heavy (non-hydrogen) atoms. The molecule has 0 N–H and O–H groups in total. The summed E-state index contributed by atoms with van der Waals surface area (Å²) in [5.41, 5.74) is 0.115. The van der Waals surface area contributed by atoms with Crippen LogP contribution in [-0.4, -0.2) is 70.5 Å². The molecular weight excluding hydrogens is 488 g/mol. The molecule has 3 aliphatic rings. The standard InChI is InChI=1S/C30H44O8/c1-9-20-16-30(17-36-30)28(29(4)23(38-29)12-10-18(2)3)27(35-8)25(20)37-24(31)13-11-19-14-21(32-5)26(34-7)22(15-19)33-6/h11,13-15,18,20,23,25,27-28H,9-10,12,16-17H2,1-8H3/b13-11-/t20-,23-,25-,27-,28-,29?,30+/m1/s1. The van der Waals surface area contributed by atoms with Crippen molar-refractivity contribution in [2.45, 2.75) is 82.9 Å². The van der Waals surface area contributed by atoms with Gasteiger partial charge in [-0.25, -0.2) is 4.79 Å². The molecule has 8 nitrogen and oxygen atoms in total. The van der Waals surface area contributed by atoms with Crippen molar-refractivity contribution < 1.29 is 38.0 Å². The van der Waals surface area contributed by atoms with Crippen molar-refractivity contribution in [1.29, 1.82) is 0 Å². The zero-order valence-electron chi connectivity index (χ0n) is 24.1. The molecule has 1 aliphatic carbocycles. The van der Waals surface area contributed by atoms with E-state index in [-0.39, 0.29) is 35.2 Å². The number of esters is 1. The SMILES string of the molecule is CC[C@@H]1C[C@]2(CO2)[C@@H](C2(C)O[C@@H]2CCC(C)C)[C@H](OC)[C@@H]1OC(=O)/C=C\c1cc(OC)c(OC)c(OC)c1. The maximum Gasteiger partial charge on any atom is 0.331 e. The van der Waals surface area contributed by atoms with Gasteiger partial charge in [0, 0.05) is 19.1 Å². The third-order valence-corrected chi connectivity index (χ3v) is 8.56. The minimum absolute atomic E-state index is 0.00291. The van der Waals surface area contributed by atoms with E-state index in [4.69, 9.17) is 33.2 Å². The molecule has 1 aromatic rings. The molecule has 212 valence electrons. The molecule has 7 atom stereocenters. The summed E-state index contributed by atoms with van der Waals surface area (Å²) in [6.45, 7) is 9.47. The lowest BCUT2D eigenvalue weighted by atomic mass is 9.64. The summed E-state index contributed by atoms with van der Waals surface area (Å²) < 4.78 is 40.9. The molecule has 2 saturated heterocycles. The van der Waals surface area contributed by atoms with E-state index in [0.717, 1.165) is 31.2 Å². The summed E-state index contributed by atoms with van der Waals surface area (Å²) in [6, 6.07) is 3.57. The molecule has 1 aromatic carbocycles. The van der Waals surface area contributed by atoms with E-state index >= 15 is 0 Å². The van der Waals surface area contributed by atoms with Gasteiger partial charge in [0.2, 0.25) is 5.75 Å². The zero-order chi connectivity index (χ0) is 27.7. The van der Waals surface area contributed by atoms with Crippen LogP contribution >= 0.6 is 0 Å². The molecule has 0 amide bonds. The second-order valence-corrected chi connectivity index (χ2v) is 11.4. The first-order valence-electron chi connectivity index (χ1n) is 13.7. The largest absolute Gasteiger partial charge is 0.493 e. The van der Waals surface area contributed by atoms with Crippen LogP contribution in [0.25, 0.3) is 6.08 Å². The Bertz CT molecular complexity index is 991. The number of carbonyl (C=O) groups excluding carboxylic acids is 1. The first-order valence-corrected chi connectivity index (χ1v) is 13.7. The maximum atomic E-state index is 13.1. The highest BCUT2D eigenvalue weighted by Crippen LogP contribution is 2.61. The van der Waals surface area contributed by atoms with Gasteiger partial charge in [-0.15, -0.1) is 0 Å². The van der Waals surface area contributed by atoms with Gasteiger partial charge in [-0.3, -0.25) is 0 Å². The van der Waals surface area contributed by atoms with Gasteiger partial charge in [0.15, 0.2) is 11.5 Å². The number of methoxy groups -OCH3 is 4. The molecule has 0 bridgehead atoms. The molecule has 3 fully saturated rings. The van der Waals surface area contributed by atoms with Crippen molar-refractivity contribution in [2.24, 2.45) is 17.8 Å². The van der Waals surface area contributed by atoms with Crippen molar-refractivity contribution in [2.75, 3.05) is 35.0 Å². The second kappa shape index (κ2) is 11.4. The van der Waals surface area contributed by atoms with Crippen LogP contribution in [0.4, 0.5) is 0 Å². The maximum absolute atomic E-state index is 13.1. The van der Waals surface area contributed by atoms with Crippen molar-refractivity contribution in [3.05, 3.63) is 23.8 Å². The highest BCUT2D eigenvalue weighted by molar-refractivity contribution is 5.87. The number of carbonyl (C=O) groups is 1. The summed E-state index contributed by atoms with van der Waals surface area (Å²) in [4.78, 5) is 13.1. The fourth-order valence-electron chi connectivity index (χ4n) is 6.40. The Balaban J connectivity index is 1.52. The third kappa shape index (κ3) is 5.54. The highest BCUT2D eigenvalue weighted by Gasteiger charge is 2.73. The summed E-state index contributed by atoms with van der Waals surface area (Å²) >= 11 is 0. The van der Waals surface area contributed by atoms with Crippen molar-refractivity contribution >= 4 is 12.0 Å². The van der Waals surface area contributed by atoms with Gasteiger partial charge in [-0.1, -0.05) is 20.8 Å². The van der Waals surface area contributed by atoms with Gasteiger partial charge in [0.05, 0.1) is 40.0 Å². The lowest BCUT2D eigenvalue weighted by Crippen LogP contribution is -2.59. The molecule has 1 spiro atoms. The lowest BCUT2D eigenvalue weighted by molar-refractivity contribution is -0.178. The van der Waals surface area contributed by atoms with Crippen LogP contribution in [0, 0.1) is 17.8 Å². The van der Waals surface area contributed by atoms with Crippen LogP contribution in [0.1, 0.15) is 58.9 Å². The minimum Gasteiger partial charge on any atom is -0.493 e. The summed E-state index contributed by atoms with van der Waals surface area (Å²) in [5, 5.41) is 0. The Hall–Kier alpha value is -2.29. The molecule has 1 unspecified atom stereocenters. The Labute approximate surface area is 226 Å². The van der Waals surface area contributed by atoms with E-state index in [1.165, 1.54) is 6.08 Å². The highest BCUT2D eigenvalue weighted by atomic mass is 16.6. The molecule has 8 heteroatoms. The van der Waals surface area contributed by atoms with E-state index in [0.29, 0.717) is 29.8 Å². The summed E-state index contributed by atoms with van der Waals surface area (Å²) in [7, 11) is 6.37. The average Bonchev–Trinajstić information content (AvgIpc) is 3.82. The Morgan fingerprint density at radius 1 is 1.11 bits per heavy atom. The number of rotatable bonds is 12. The number of hydrogen-bond acceptors (Lipinski definition) is 8. The summed E-state index contributed by atoms with van der Waals surface area (Å²) in [6.07, 6.45) is 6.40. The summed E-state index contributed by atoms with van der Waals surface area (Å²) in [5.74, 6) is 1.85. The Kier molecular flexibility index (Phi) is 8.65. The van der Waals surface area contributed by atoms with Crippen LogP contribution < -0.4 is 14.2 Å². The molecule has 4 rings (SSSR count). The second-order valence-electron chi connectivity index (χ2n) is 11.4. The van der Waals surface area contributed by atoms with Crippen LogP contribution in [0.2, 0.25) is 0 Å². The number of ether oxygens (including phenoxy) is 7. The fourth-order valence-corrected chi connectivity index (χ4v) is 6.40. The van der Waals surface area contributed by atoms with Crippen molar-refractivity contribution in [3.63, 3.8) is 0 Å². The predicted molar refractivity (Wildman–Crippen MR) is 144 cm³/mol. The van der Waals surface area contributed by atoms with Gasteiger partial charge < -0.3 is 33.2 Å². The van der Waals surface area contributed by atoms with Crippen LogP contribution in [0.3, 0.4) is 0 Å². The Morgan fingerprint density at radius 3 is 2.26 bits per heavy atom. The van der Waals surface area contributed by atoms with Gasteiger partial charge in [0.25, 0.3) is 0 Å². The van der Waals surface area contributed by atoms with Crippen LogP contribution in [-0.2, 0) is 23.7 Å². The monoisotopic (exact) mass is 532 g/mol. The number of epoxide rings is 2. The van der Waals surface area contributed by atoms with E-state index in [9.17, 15) is 4.79 Å². The third-order valence-electron chi connectivity index (χ3n) is 8.56. The van der Waals surface area contributed by atoms with E-state index in [2.05, 4.69) is 27.7 Å². The predicted octanol–water partition coefficient (Wildman–Crippen LogP) is 5.06. The normalized spacial score (nSPS) is 34.0. The van der Waals surface area contributed by atoms with Gasteiger partial charge in [-0.05, 0) is 62.3 Å². The number of hydrogen-bond donors (Lipinski definition) is 0. The van der Waals surface area contributed by atoms with E-state index in [1.54, 1.807) is 46.6 Å². The van der Waals surface area contributed by atoms with Gasteiger partial charge in [-0.2, -0.15) is 0 Å². The minimum atomic E-state index is -0.422. The topological polar surface area (TPSA) is 88.3 Å². The van der Waals surface area contributed by atoms with E-state index in [1.807, 2.05) is 0 Å². The molecule has 0 radical (unpaired) electrons. The van der Waals surface area contributed by atoms with Gasteiger partial charge in [0.1, 0.15) is 23.4 Å². The van der Waals surface area contributed by atoms with E-state index < -0.39 is 12.1 Å². The molecule has 2 heterocycles. The van der Waals surface area contributed by atoms with Crippen LogP contribution in [0.5, 0.6) is 17.2 Å². The van der Waals surface area contributed by atoms with Crippen LogP contribution in [0.15, 0.2) is 18.2 Å².